The summed E-state index contributed by atoms with van der Waals surface area (Å²) < 4.78 is 4.74. The number of likely N-dealkylation sites (N-methyl/N-ethyl adjacent to an activating group) is 1. The molecule has 2 aromatic heterocycles. The number of aromatic nitrogens is 2. The minimum Gasteiger partial charge on any atom is -0.447 e. The van der Waals surface area contributed by atoms with Crippen LogP contribution in [-0.2, 0) is 22.5 Å². The van der Waals surface area contributed by atoms with E-state index >= 15 is 0 Å². The zero-order chi connectivity index (χ0) is 18.4. The van der Waals surface area contributed by atoms with Crippen molar-refractivity contribution in [1.82, 2.24) is 20.6 Å². The van der Waals surface area contributed by atoms with E-state index in [2.05, 4.69) is 20.6 Å². The van der Waals surface area contributed by atoms with Crippen molar-refractivity contribution < 1.29 is 14.3 Å². The maximum atomic E-state index is 12.1. The van der Waals surface area contributed by atoms with E-state index in [0.29, 0.717) is 6.54 Å². The topological polar surface area (TPSA) is 96.5 Å². The highest BCUT2D eigenvalue weighted by atomic mass is 16.6. The lowest BCUT2D eigenvalue weighted by Gasteiger charge is -2.21. The van der Waals surface area contributed by atoms with Crippen LogP contribution in [0.25, 0.3) is 0 Å². The van der Waals surface area contributed by atoms with Crippen molar-refractivity contribution in [2.24, 2.45) is 0 Å². The molecular weight excluding hydrogens is 334 g/mol. The number of cyclic esters (lactones) is 1. The number of carbonyl (C=O) groups is 2. The third-order valence-corrected chi connectivity index (χ3v) is 4.10. The van der Waals surface area contributed by atoms with Crippen molar-refractivity contribution in [3.05, 3.63) is 54.0 Å². The van der Waals surface area contributed by atoms with Gasteiger partial charge in [-0.25, -0.2) is 9.78 Å². The summed E-state index contributed by atoms with van der Waals surface area (Å²) in [7, 11) is 1.96. The fourth-order valence-corrected chi connectivity index (χ4v) is 2.68. The third kappa shape index (κ3) is 4.47. The highest BCUT2D eigenvalue weighted by Gasteiger charge is 2.28. The van der Waals surface area contributed by atoms with Crippen LogP contribution in [0.1, 0.15) is 11.3 Å². The van der Waals surface area contributed by atoms with Crippen molar-refractivity contribution in [1.29, 1.82) is 0 Å². The number of nitrogens with one attached hydrogen (secondary N) is 2. The molecule has 26 heavy (non-hydrogen) atoms. The molecule has 136 valence electrons. The van der Waals surface area contributed by atoms with E-state index in [1.807, 2.05) is 42.3 Å². The van der Waals surface area contributed by atoms with E-state index in [-0.39, 0.29) is 12.5 Å². The lowest BCUT2D eigenvalue weighted by molar-refractivity contribution is -0.122. The Balaban J connectivity index is 1.58. The number of nitrogens with zero attached hydrogens (tertiary/aromatic N) is 3. The van der Waals surface area contributed by atoms with Gasteiger partial charge in [-0.05, 0) is 18.2 Å². The molecule has 2 N–H and O–H groups in total. The molecule has 1 aliphatic heterocycles. The van der Waals surface area contributed by atoms with Gasteiger partial charge in [0.05, 0.1) is 0 Å². The van der Waals surface area contributed by atoms with Crippen LogP contribution >= 0.6 is 0 Å². The Bertz CT molecular complexity index is 768. The van der Waals surface area contributed by atoms with Gasteiger partial charge < -0.3 is 20.3 Å². The fourth-order valence-electron chi connectivity index (χ4n) is 2.68. The number of anilines is 1. The maximum absolute atomic E-state index is 12.1. The molecule has 1 atom stereocenters. The van der Waals surface area contributed by atoms with Crippen LogP contribution < -0.4 is 15.5 Å². The summed E-state index contributed by atoms with van der Waals surface area (Å²) in [5, 5.41) is 5.28. The Kier molecular flexibility index (Phi) is 5.62. The van der Waals surface area contributed by atoms with Gasteiger partial charge in [0.1, 0.15) is 18.5 Å². The summed E-state index contributed by atoms with van der Waals surface area (Å²) in [6.07, 6.45) is 3.73. The molecule has 0 unspecified atom stereocenters. The molecular formula is C18H21N5O3. The normalized spacial score (nSPS) is 15.9. The van der Waals surface area contributed by atoms with E-state index < -0.39 is 12.1 Å². The van der Waals surface area contributed by atoms with Crippen LogP contribution in [0, 0.1) is 0 Å². The van der Waals surface area contributed by atoms with Gasteiger partial charge in [0, 0.05) is 50.2 Å². The first-order chi connectivity index (χ1) is 12.6. The summed E-state index contributed by atoms with van der Waals surface area (Å²) in [6.45, 7) is 1.12. The number of hydrogen-bond acceptors (Lipinski definition) is 6. The van der Waals surface area contributed by atoms with Gasteiger partial charge in [0.2, 0.25) is 5.91 Å². The summed E-state index contributed by atoms with van der Waals surface area (Å²) in [5.74, 6) is 0.525. The first-order valence-electron chi connectivity index (χ1n) is 8.39. The SMILES string of the molecule is CN(CCc1ccccn1)c1ncccc1CNC(=O)[C@@H]1COC(=O)N1. The van der Waals surface area contributed by atoms with E-state index in [1.54, 1.807) is 12.4 Å². The van der Waals surface area contributed by atoms with E-state index in [0.717, 1.165) is 30.0 Å². The van der Waals surface area contributed by atoms with Crippen molar-refractivity contribution in [2.75, 3.05) is 25.1 Å². The maximum Gasteiger partial charge on any atom is 0.407 e. The van der Waals surface area contributed by atoms with E-state index in [1.165, 1.54) is 0 Å². The van der Waals surface area contributed by atoms with Gasteiger partial charge in [0.15, 0.2) is 0 Å². The molecule has 0 saturated carbocycles. The minimum atomic E-state index is -0.649. The molecule has 1 fully saturated rings. The highest BCUT2D eigenvalue weighted by Crippen LogP contribution is 2.16. The third-order valence-electron chi connectivity index (χ3n) is 4.10. The first kappa shape index (κ1) is 17.7. The number of carbonyl (C=O) groups excluding carboxylic acids is 2. The number of hydrogen-bond donors (Lipinski definition) is 2. The molecule has 2 amide bonds. The smallest absolute Gasteiger partial charge is 0.407 e. The minimum absolute atomic E-state index is 0.0501. The van der Waals surface area contributed by atoms with Gasteiger partial charge in [-0.15, -0.1) is 0 Å². The average molecular weight is 355 g/mol. The molecule has 2 aromatic rings. The monoisotopic (exact) mass is 355 g/mol. The summed E-state index contributed by atoms with van der Waals surface area (Å²) in [5.41, 5.74) is 1.91. The van der Waals surface area contributed by atoms with Crippen molar-refractivity contribution in [2.45, 2.75) is 19.0 Å². The van der Waals surface area contributed by atoms with Crippen LogP contribution in [0.15, 0.2) is 42.7 Å². The molecule has 8 nitrogen and oxygen atoms in total. The number of pyridine rings is 2. The summed E-state index contributed by atoms with van der Waals surface area (Å²) >= 11 is 0. The molecule has 0 radical (unpaired) electrons. The summed E-state index contributed by atoms with van der Waals surface area (Å²) in [6, 6.07) is 8.96. The zero-order valence-electron chi connectivity index (χ0n) is 14.5. The van der Waals surface area contributed by atoms with Crippen LogP contribution in [0.5, 0.6) is 0 Å². The van der Waals surface area contributed by atoms with Gasteiger partial charge in [-0.3, -0.25) is 9.78 Å². The molecule has 0 aliphatic carbocycles. The second-order valence-electron chi connectivity index (χ2n) is 5.99. The van der Waals surface area contributed by atoms with Crippen molar-refractivity contribution in [3.63, 3.8) is 0 Å². The Hall–Kier alpha value is -3.16. The van der Waals surface area contributed by atoms with Crippen LogP contribution in [0.2, 0.25) is 0 Å². The molecule has 1 saturated heterocycles. The van der Waals surface area contributed by atoms with Gasteiger partial charge >= 0.3 is 6.09 Å². The zero-order valence-corrected chi connectivity index (χ0v) is 14.5. The summed E-state index contributed by atoms with van der Waals surface area (Å²) in [4.78, 5) is 33.9. The van der Waals surface area contributed by atoms with Crippen LogP contribution in [-0.4, -0.2) is 48.2 Å². The van der Waals surface area contributed by atoms with E-state index in [9.17, 15) is 9.59 Å². The quantitative estimate of drug-likeness (QED) is 0.765. The highest BCUT2D eigenvalue weighted by molar-refractivity contribution is 5.87. The number of alkyl carbamates (subject to hydrolysis) is 1. The van der Waals surface area contributed by atoms with Crippen molar-refractivity contribution >= 4 is 17.8 Å². The van der Waals surface area contributed by atoms with Crippen LogP contribution in [0.3, 0.4) is 0 Å². The largest absolute Gasteiger partial charge is 0.447 e. The molecule has 1 aliphatic rings. The van der Waals surface area contributed by atoms with Gasteiger partial charge in [-0.1, -0.05) is 12.1 Å². The molecule has 3 heterocycles. The van der Waals surface area contributed by atoms with Gasteiger partial charge in [0.25, 0.3) is 0 Å². The van der Waals surface area contributed by atoms with E-state index in [4.69, 9.17) is 4.74 Å². The number of ether oxygens (including phenoxy) is 1. The Labute approximate surface area is 151 Å². The average Bonchev–Trinajstić information content (AvgIpc) is 3.12. The molecule has 0 bridgehead atoms. The lowest BCUT2D eigenvalue weighted by Crippen LogP contribution is -2.42. The van der Waals surface area contributed by atoms with Crippen molar-refractivity contribution in [3.8, 4) is 0 Å². The molecule has 0 spiro atoms. The predicted molar refractivity (Wildman–Crippen MR) is 95.6 cm³/mol. The number of amides is 2. The number of rotatable bonds is 7. The van der Waals surface area contributed by atoms with Gasteiger partial charge in [-0.2, -0.15) is 0 Å². The molecule has 0 aromatic carbocycles. The predicted octanol–water partition coefficient (Wildman–Crippen LogP) is 0.880. The van der Waals surface area contributed by atoms with Crippen LogP contribution in [0.4, 0.5) is 10.6 Å². The first-order valence-corrected chi connectivity index (χ1v) is 8.39. The fraction of sp³-hybridized carbons (Fsp3) is 0.333. The molecule has 8 heteroatoms. The lowest BCUT2D eigenvalue weighted by atomic mass is 10.2. The standard InChI is InChI=1S/C18H21N5O3/c1-23(10-7-14-6-2-3-8-19-14)16-13(5-4-9-20-16)11-21-17(24)15-12-26-18(25)22-15/h2-6,8-9,15H,7,10-12H2,1H3,(H,21,24)(H,22,25)/t15-/m0/s1. The Morgan fingerprint density at radius 1 is 1.31 bits per heavy atom. The molecule has 3 rings (SSSR count). The second-order valence-corrected chi connectivity index (χ2v) is 5.99. The Morgan fingerprint density at radius 2 is 2.15 bits per heavy atom. The Morgan fingerprint density at radius 3 is 2.88 bits per heavy atom. The second kappa shape index (κ2) is 8.28.